The molecule has 0 spiro atoms. The smallest absolute Gasteiger partial charge is 0.266 e. The number of carbonyl (C=O) groups excluding carboxylic acids is 1. The Kier molecular flexibility index (Phi) is 2.65. The molecule has 0 aliphatic carbocycles. The van der Waals surface area contributed by atoms with Crippen LogP contribution in [-0.4, -0.2) is 10.8 Å². The van der Waals surface area contributed by atoms with Gasteiger partial charge in [0.15, 0.2) is 5.78 Å². The average molecular weight is 186 g/mol. The van der Waals surface area contributed by atoms with Gasteiger partial charge < -0.3 is 4.98 Å². The second kappa shape index (κ2) is 3.54. The minimum Gasteiger partial charge on any atom is -0.327 e. The molecule has 4 heteroatoms. The van der Waals surface area contributed by atoms with Gasteiger partial charge in [-0.25, -0.2) is 0 Å². The quantitative estimate of drug-likeness (QED) is 0.712. The van der Waals surface area contributed by atoms with E-state index in [1.54, 1.807) is 6.92 Å². The molecule has 0 aromatic carbocycles. The molecule has 1 N–H and O–H groups in total. The highest BCUT2D eigenvalue weighted by molar-refractivity contribution is 6.30. The van der Waals surface area contributed by atoms with Crippen LogP contribution in [0.4, 0.5) is 0 Å². The van der Waals surface area contributed by atoms with Gasteiger partial charge in [-0.2, -0.15) is 0 Å². The van der Waals surface area contributed by atoms with Gasteiger partial charge in [0, 0.05) is 18.2 Å². The number of pyridine rings is 1. The van der Waals surface area contributed by atoms with E-state index < -0.39 is 0 Å². The van der Waals surface area contributed by atoms with Crippen molar-refractivity contribution in [2.45, 2.75) is 13.3 Å². The highest BCUT2D eigenvalue weighted by Gasteiger charge is 2.04. The molecule has 0 fully saturated rings. The number of hydrogen-bond acceptors (Lipinski definition) is 2. The summed E-state index contributed by atoms with van der Waals surface area (Å²) in [4.78, 5) is 24.3. The summed E-state index contributed by atoms with van der Waals surface area (Å²) in [6.07, 6.45) is 1.78. The Labute approximate surface area is 74.4 Å². The molecule has 0 saturated carbocycles. The molecule has 64 valence electrons. The summed E-state index contributed by atoms with van der Waals surface area (Å²) in [5, 5.41) is 0.0503. The third kappa shape index (κ3) is 1.74. The maximum atomic E-state index is 11.1. The first-order valence-electron chi connectivity index (χ1n) is 3.56. The topological polar surface area (TPSA) is 49.9 Å². The fourth-order valence-electron chi connectivity index (χ4n) is 0.821. The molecule has 0 unspecified atom stereocenters. The van der Waals surface area contributed by atoms with E-state index in [2.05, 4.69) is 4.98 Å². The Balaban J connectivity index is 3.13. The van der Waals surface area contributed by atoms with Crippen LogP contribution in [0.3, 0.4) is 0 Å². The molecule has 0 aliphatic heterocycles. The monoisotopic (exact) mass is 185 g/mol. The van der Waals surface area contributed by atoms with E-state index in [-0.39, 0.29) is 16.4 Å². The van der Waals surface area contributed by atoms with Gasteiger partial charge in [-0.1, -0.05) is 18.5 Å². The molecule has 3 nitrogen and oxygen atoms in total. The number of H-pyrrole nitrogens is 1. The maximum Gasteiger partial charge on any atom is 0.266 e. The number of nitrogens with one attached hydrogen (secondary N) is 1. The molecule has 0 atom stereocenters. The van der Waals surface area contributed by atoms with E-state index in [9.17, 15) is 9.59 Å². The molecule has 1 rings (SSSR count). The third-order valence-electron chi connectivity index (χ3n) is 1.50. The summed E-state index contributed by atoms with van der Waals surface area (Å²) in [7, 11) is 0. The predicted molar refractivity (Wildman–Crippen MR) is 46.7 cm³/mol. The zero-order valence-electron chi connectivity index (χ0n) is 6.56. The standard InChI is InChI=1S/C8H8ClNO2/c1-2-7(11)5-3-6(9)8(12)10-4-5/h3-4H,2H2,1H3,(H,10,12). The normalized spacial score (nSPS) is 9.83. The number of rotatable bonds is 2. The van der Waals surface area contributed by atoms with Crippen molar-refractivity contribution in [1.82, 2.24) is 4.98 Å². The first-order valence-corrected chi connectivity index (χ1v) is 3.94. The Morgan fingerprint density at radius 3 is 2.83 bits per heavy atom. The molecule has 0 saturated heterocycles. The molecule has 1 aromatic heterocycles. The molecule has 12 heavy (non-hydrogen) atoms. The number of hydrogen-bond donors (Lipinski definition) is 1. The van der Waals surface area contributed by atoms with Crippen molar-refractivity contribution < 1.29 is 4.79 Å². The number of aromatic nitrogens is 1. The van der Waals surface area contributed by atoms with Crippen LogP contribution in [0.15, 0.2) is 17.1 Å². The summed E-state index contributed by atoms with van der Waals surface area (Å²) in [5.41, 5.74) is 0.0754. The van der Waals surface area contributed by atoms with Crippen molar-refractivity contribution >= 4 is 17.4 Å². The van der Waals surface area contributed by atoms with E-state index >= 15 is 0 Å². The second-order valence-electron chi connectivity index (χ2n) is 2.34. The highest BCUT2D eigenvalue weighted by Crippen LogP contribution is 2.05. The van der Waals surface area contributed by atoms with E-state index in [0.717, 1.165) is 0 Å². The molecule has 0 aliphatic rings. The molecular formula is C8H8ClNO2. The van der Waals surface area contributed by atoms with E-state index in [1.165, 1.54) is 12.3 Å². The van der Waals surface area contributed by atoms with Crippen molar-refractivity contribution in [3.05, 3.63) is 33.2 Å². The zero-order valence-corrected chi connectivity index (χ0v) is 7.31. The van der Waals surface area contributed by atoms with Gasteiger partial charge in [0.1, 0.15) is 5.02 Å². The van der Waals surface area contributed by atoms with Crippen LogP contribution in [0.25, 0.3) is 0 Å². The lowest BCUT2D eigenvalue weighted by molar-refractivity contribution is 0.0988. The first-order chi connectivity index (χ1) is 5.65. The fraction of sp³-hybridized carbons (Fsp3) is 0.250. The first kappa shape index (κ1) is 9.00. The minimum atomic E-state index is -0.371. The minimum absolute atomic E-state index is 0.0341. The van der Waals surface area contributed by atoms with Crippen molar-refractivity contribution in [1.29, 1.82) is 0 Å². The van der Waals surface area contributed by atoms with Crippen molar-refractivity contribution in [2.24, 2.45) is 0 Å². The van der Waals surface area contributed by atoms with Crippen molar-refractivity contribution in [2.75, 3.05) is 0 Å². The number of carbonyl (C=O) groups is 1. The van der Waals surface area contributed by atoms with E-state index in [0.29, 0.717) is 12.0 Å². The number of halogens is 1. The lowest BCUT2D eigenvalue weighted by Gasteiger charge is -1.96. The number of aromatic amines is 1. The van der Waals surface area contributed by atoms with Crippen LogP contribution >= 0.6 is 11.6 Å². The van der Waals surface area contributed by atoms with E-state index in [1.807, 2.05) is 0 Å². The highest BCUT2D eigenvalue weighted by atomic mass is 35.5. The maximum absolute atomic E-state index is 11.1. The SMILES string of the molecule is CCC(=O)c1c[nH]c(=O)c(Cl)c1. The van der Waals surface area contributed by atoms with Gasteiger partial charge >= 0.3 is 0 Å². The second-order valence-corrected chi connectivity index (χ2v) is 2.75. The van der Waals surface area contributed by atoms with Crippen molar-refractivity contribution in [3.8, 4) is 0 Å². The van der Waals surface area contributed by atoms with Crippen LogP contribution in [0.5, 0.6) is 0 Å². The van der Waals surface area contributed by atoms with Crippen molar-refractivity contribution in [3.63, 3.8) is 0 Å². The average Bonchev–Trinajstić information content (AvgIpc) is 2.08. The van der Waals surface area contributed by atoms with Gasteiger partial charge in [-0.3, -0.25) is 9.59 Å². The van der Waals surface area contributed by atoms with Gasteiger partial charge in [-0.05, 0) is 6.07 Å². The largest absolute Gasteiger partial charge is 0.327 e. The Morgan fingerprint density at radius 2 is 2.33 bits per heavy atom. The number of ketones is 1. The molecule has 1 heterocycles. The summed E-state index contributed by atoms with van der Waals surface area (Å²) >= 11 is 5.52. The van der Waals surface area contributed by atoms with Crippen LogP contribution in [-0.2, 0) is 0 Å². The van der Waals surface area contributed by atoms with Crippen LogP contribution in [0, 0.1) is 0 Å². The molecule has 0 bridgehead atoms. The molecule has 0 radical (unpaired) electrons. The fourth-order valence-corrected chi connectivity index (χ4v) is 0.993. The molecular weight excluding hydrogens is 178 g/mol. The Morgan fingerprint density at radius 1 is 1.67 bits per heavy atom. The Bertz CT molecular complexity index is 356. The predicted octanol–water partition coefficient (Wildman–Crippen LogP) is 1.62. The third-order valence-corrected chi connectivity index (χ3v) is 1.78. The zero-order chi connectivity index (χ0) is 9.14. The summed E-state index contributed by atoms with van der Waals surface area (Å²) in [6.45, 7) is 1.75. The van der Waals surface area contributed by atoms with Gasteiger partial charge in [0.2, 0.25) is 0 Å². The van der Waals surface area contributed by atoms with E-state index in [4.69, 9.17) is 11.6 Å². The summed E-state index contributed by atoms with van der Waals surface area (Å²) < 4.78 is 0. The summed E-state index contributed by atoms with van der Waals surface area (Å²) in [5.74, 6) is -0.0341. The van der Waals surface area contributed by atoms with Gasteiger partial charge in [-0.15, -0.1) is 0 Å². The van der Waals surface area contributed by atoms with Crippen LogP contribution in [0.1, 0.15) is 23.7 Å². The number of Topliss-reactive ketones (excluding diaryl/α,β-unsaturated/α-hetero) is 1. The molecule has 0 amide bonds. The summed E-state index contributed by atoms with van der Waals surface area (Å²) in [6, 6.07) is 1.38. The van der Waals surface area contributed by atoms with Crippen LogP contribution < -0.4 is 5.56 Å². The Hall–Kier alpha value is -1.09. The molecule has 1 aromatic rings. The lowest BCUT2D eigenvalue weighted by Crippen LogP contribution is -2.08. The lowest BCUT2D eigenvalue weighted by atomic mass is 10.1. The van der Waals surface area contributed by atoms with Gasteiger partial charge in [0.05, 0.1) is 0 Å². The van der Waals surface area contributed by atoms with Crippen LogP contribution in [0.2, 0.25) is 5.02 Å². The van der Waals surface area contributed by atoms with Gasteiger partial charge in [0.25, 0.3) is 5.56 Å².